The van der Waals surface area contributed by atoms with Crippen molar-refractivity contribution in [3.05, 3.63) is 67.3 Å². The lowest BCUT2D eigenvalue weighted by atomic mass is 10.1. The Kier molecular flexibility index (Phi) is 7.63. The summed E-state index contributed by atoms with van der Waals surface area (Å²) in [6.07, 6.45) is 1.10. The number of benzene rings is 2. The van der Waals surface area contributed by atoms with E-state index in [0.717, 1.165) is 11.1 Å². The molecule has 30 heavy (non-hydrogen) atoms. The van der Waals surface area contributed by atoms with Gasteiger partial charge in [0.1, 0.15) is 5.75 Å². The van der Waals surface area contributed by atoms with E-state index in [1.807, 2.05) is 42.5 Å². The molecule has 2 aromatic rings. The van der Waals surface area contributed by atoms with Gasteiger partial charge in [-0.3, -0.25) is 14.5 Å². The molecule has 0 aromatic heterocycles. The van der Waals surface area contributed by atoms with E-state index in [4.69, 9.17) is 4.74 Å². The van der Waals surface area contributed by atoms with Crippen LogP contribution < -0.4 is 10.1 Å². The zero-order valence-electron chi connectivity index (χ0n) is 17.4. The zero-order chi connectivity index (χ0) is 21.3. The fourth-order valence-electron chi connectivity index (χ4n) is 3.44. The van der Waals surface area contributed by atoms with Gasteiger partial charge in [0.15, 0.2) is 6.10 Å². The SMILES string of the molecule is C=CCNC(=O)CN1CCN(C(=O)[C@H](C)Oc2ccc(-c3ccccc3)cc2)CC1. The first-order valence-electron chi connectivity index (χ1n) is 10.3. The average molecular weight is 408 g/mol. The van der Waals surface area contributed by atoms with Crippen molar-refractivity contribution in [1.29, 1.82) is 0 Å². The lowest BCUT2D eigenvalue weighted by molar-refractivity contribution is -0.139. The fraction of sp³-hybridized carbons (Fsp3) is 0.333. The molecule has 0 saturated carbocycles. The number of hydrogen-bond donors (Lipinski definition) is 1. The lowest BCUT2D eigenvalue weighted by Gasteiger charge is -2.35. The van der Waals surface area contributed by atoms with Gasteiger partial charge in [-0.1, -0.05) is 48.5 Å². The van der Waals surface area contributed by atoms with E-state index in [1.165, 1.54) is 0 Å². The van der Waals surface area contributed by atoms with Crippen molar-refractivity contribution in [2.24, 2.45) is 0 Å². The van der Waals surface area contributed by atoms with Gasteiger partial charge in [-0.15, -0.1) is 6.58 Å². The van der Waals surface area contributed by atoms with Crippen LogP contribution in [0.2, 0.25) is 0 Å². The minimum Gasteiger partial charge on any atom is -0.481 e. The van der Waals surface area contributed by atoms with Crippen LogP contribution >= 0.6 is 0 Å². The molecule has 6 heteroatoms. The second-order valence-electron chi connectivity index (χ2n) is 7.34. The molecule has 2 amide bonds. The molecule has 6 nitrogen and oxygen atoms in total. The summed E-state index contributed by atoms with van der Waals surface area (Å²) in [5, 5.41) is 2.77. The minimum atomic E-state index is -0.560. The minimum absolute atomic E-state index is 0.0228. The highest BCUT2D eigenvalue weighted by atomic mass is 16.5. The third kappa shape index (κ3) is 5.94. The number of hydrogen-bond acceptors (Lipinski definition) is 4. The van der Waals surface area contributed by atoms with Crippen LogP contribution in [-0.4, -0.2) is 67.0 Å². The van der Waals surface area contributed by atoms with Gasteiger partial charge in [0, 0.05) is 32.7 Å². The molecule has 0 unspecified atom stereocenters. The van der Waals surface area contributed by atoms with Crippen LogP contribution in [0.5, 0.6) is 5.75 Å². The molecule has 1 fully saturated rings. The third-order valence-electron chi connectivity index (χ3n) is 5.12. The molecule has 0 aliphatic carbocycles. The topological polar surface area (TPSA) is 61.9 Å². The summed E-state index contributed by atoms with van der Waals surface area (Å²) >= 11 is 0. The first-order valence-corrected chi connectivity index (χ1v) is 10.3. The van der Waals surface area contributed by atoms with E-state index in [-0.39, 0.29) is 11.8 Å². The highest BCUT2D eigenvalue weighted by molar-refractivity contribution is 5.81. The molecule has 2 aromatic carbocycles. The predicted molar refractivity (Wildman–Crippen MR) is 118 cm³/mol. The van der Waals surface area contributed by atoms with Gasteiger partial charge < -0.3 is 15.0 Å². The largest absolute Gasteiger partial charge is 0.481 e. The Bertz CT molecular complexity index is 844. The molecule has 3 rings (SSSR count). The molecule has 1 aliphatic heterocycles. The summed E-state index contributed by atoms with van der Waals surface area (Å²) in [7, 11) is 0. The number of piperazine rings is 1. The summed E-state index contributed by atoms with van der Waals surface area (Å²) in [6, 6.07) is 17.9. The monoisotopic (exact) mass is 407 g/mol. The Labute approximate surface area is 178 Å². The lowest BCUT2D eigenvalue weighted by Crippen LogP contribution is -2.53. The van der Waals surface area contributed by atoms with Gasteiger partial charge in [-0.25, -0.2) is 0 Å². The van der Waals surface area contributed by atoms with Gasteiger partial charge in [0.05, 0.1) is 6.54 Å². The molecule has 1 saturated heterocycles. The van der Waals surface area contributed by atoms with Gasteiger partial charge in [0.2, 0.25) is 5.91 Å². The summed E-state index contributed by atoms with van der Waals surface area (Å²) < 4.78 is 5.88. The van der Waals surface area contributed by atoms with Crippen LogP contribution in [0.4, 0.5) is 0 Å². The maximum absolute atomic E-state index is 12.8. The van der Waals surface area contributed by atoms with Crippen LogP contribution in [0.1, 0.15) is 6.92 Å². The van der Waals surface area contributed by atoms with E-state index in [9.17, 15) is 9.59 Å². The number of carbonyl (C=O) groups excluding carboxylic acids is 2. The van der Waals surface area contributed by atoms with E-state index >= 15 is 0 Å². The van der Waals surface area contributed by atoms with E-state index in [1.54, 1.807) is 17.9 Å². The molecule has 0 radical (unpaired) electrons. The van der Waals surface area contributed by atoms with Crippen LogP contribution in [0.15, 0.2) is 67.3 Å². The number of carbonyl (C=O) groups is 2. The van der Waals surface area contributed by atoms with Crippen molar-refractivity contribution in [1.82, 2.24) is 15.1 Å². The molecule has 1 atom stereocenters. The van der Waals surface area contributed by atoms with Crippen molar-refractivity contribution < 1.29 is 14.3 Å². The predicted octanol–water partition coefficient (Wildman–Crippen LogP) is 2.57. The Balaban J connectivity index is 1.47. The Morgan fingerprint density at radius 2 is 1.67 bits per heavy atom. The van der Waals surface area contributed by atoms with Gasteiger partial charge >= 0.3 is 0 Å². The highest BCUT2D eigenvalue weighted by Crippen LogP contribution is 2.23. The Hall–Kier alpha value is -3.12. The van der Waals surface area contributed by atoms with Crippen LogP contribution in [0.3, 0.4) is 0 Å². The van der Waals surface area contributed by atoms with Crippen LogP contribution in [-0.2, 0) is 9.59 Å². The fourth-order valence-corrected chi connectivity index (χ4v) is 3.44. The second-order valence-corrected chi connectivity index (χ2v) is 7.34. The molecule has 1 N–H and O–H groups in total. The number of nitrogens with zero attached hydrogens (tertiary/aromatic N) is 2. The third-order valence-corrected chi connectivity index (χ3v) is 5.12. The van der Waals surface area contributed by atoms with Crippen molar-refractivity contribution in [3.63, 3.8) is 0 Å². The maximum Gasteiger partial charge on any atom is 0.263 e. The molecular weight excluding hydrogens is 378 g/mol. The number of nitrogens with one attached hydrogen (secondary N) is 1. The maximum atomic E-state index is 12.8. The average Bonchev–Trinajstić information content (AvgIpc) is 2.79. The van der Waals surface area contributed by atoms with E-state index in [2.05, 4.69) is 28.9 Å². The molecule has 0 spiro atoms. The van der Waals surface area contributed by atoms with Crippen molar-refractivity contribution in [2.45, 2.75) is 13.0 Å². The quantitative estimate of drug-likeness (QED) is 0.684. The van der Waals surface area contributed by atoms with Crippen molar-refractivity contribution in [3.8, 4) is 16.9 Å². The molecule has 1 aliphatic rings. The number of rotatable bonds is 8. The second kappa shape index (κ2) is 10.6. The van der Waals surface area contributed by atoms with Gasteiger partial charge in [-0.05, 0) is 30.2 Å². The Morgan fingerprint density at radius 3 is 2.30 bits per heavy atom. The smallest absolute Gasteiger partial charge is 0.263 e. The molecule has 1 heterocycles. The summed E-state index contributed by atoms with van der Waals surface area (Å²) in [4.78, 5) is 28.4. The summed E-state index contributed by atoms with van der Waals surface area (Å²) in [5.41, 5.74) is 2.25. The van der Waals surface area contributed by atoms with E-state index in [0.29, 0.717) is 45.0 Å². The van der Waals surface area contributed by atoms with Crippen LogP contribution in [0, 0.1) is 0 Å². The molecule has 158 valence electrons. The molecule has 0 bridgehead atoms. The van der Waals surface area contributed by atoms with Crippen LogP contribution in [0.25, 0.3) is 11.1 Å². The summed E-state index contributed by atoms with van der Waals surface area (Å²) in [5.74, 6) is 0.622. The number of ether oxygens (including phenoxy) is 1. The van der Waals surface area contributed by atoms with Crippen molar-refractivity contribution >= 4 is 11.8 Å². The zero-order valence-corrected chi connectivity index (χ0v) is 17.4. The standard InChI is InChI=1S/C24H29N3O3/c1-3-13-25-23(28)18-26-14-16-27(17-15-26)24(29)19(2)30-22-11-9-21(10-12-22)20-7-5-4-6-8-20/h3-12,19H,1,13-18H2,2H3,(H,25,28)/t19-/m0/s1. The highest BCUT2D eigenvalue weighted by Gasteiger charge is 2.26. The first-order chi connectivity index (χ1) is 14.6. The number of amides is 2. The first kappa shape index (κ1) is 21.6. The van der Waals surface area contributed by atoms with Crippen molar-refractivity contribution in [2.75, 3.05) is 39.3 Å². The van der Waals surface area contributed by atoms with Gasteiger partial charge in [0.25, 0.3) is 5.91 Å². The van der Waals surface area contributed by atoms with Gasteiger partial charge in [-0.2, -0.15) is 0 Å². The Morgan fingerprint density at radius 1 is 1.03 bits per heavy atom. The normalized spacial score (nSPS) is 15.3. The molecular formula is C24H29N3O3. The summed E-state index contributed by atoms with van der Waals surface area (Å²) in [6.45, 7) is 8.71. The van der Waals surface area contributed by atoms with E-state index < -0.39 is 6.10 Å².